The molecular formula is C16H32O2. The van der Waals surface area contributed by atoms with Crippen LogP contribution in [0.2, 0.25) is 0 Å². The van der Waals surface area contributed by atoms with Gasteiger partial charge in [-0.2, -0.15) is 0 Å². The molecule has 0 aromatic rings. The summed E-state index contributed by atoms with van der Waals surface area (Å²) < 4.78 is 5.30. The van der Waals surface area contributed by atoms with Gasteiger partial charge in [-0.1, -0.05) is 54.4 Å². The Morgan fingerprint density at radius 1 is 1.17 bits per heavy atom. The standard InChI is InChI=1S/C16H32O2/c1-7-10-14(16(4,5)6)11-9-12-18-15(17)13(3)8-2/h13-14H,7-12H2,1-6H3. The van der Waals surface area contributed by atoms with E-state index in [4.69, 9.17) is 4.74 Å². The fourth-order valence-corrected chi connectivity index (χ4v) is 2.17. The topological polar surface area (TPSA) is 26.3 Å². The van der Waals surface area contributed by atoms with Crippen LogP contribution in [0, 0.1) is 17.3 Å². The lowest BCUT2D eigenvalue weighted by atomic mass is 9.76. The van der Waals surface area contributed by atoms with Gasteiger partial charge in [-0.3, -0.25) is 4.79 Å². The van der Waals surface area contributed by atoms with Gasteiger partial charge < -0.3 is 4.74 Å². The zero-order valence-corrected chi connectivity index (χ0v) is 13.2. The Kier molecular flexibility index (Phi) is 8.30. The Morgan fingerprint density at radius 3 is 2.22 bits per heavy atom. The molecule has 0 heterocycles. The van der Waals surface area contributed by atoms with Crippen molar-refractivity contribution >= 4 is 5.97 Å². The van der Waals surface area contributed by atoms with Crippen LogP contribution in [0.5, 0.6) is 0 Å². The summed E-state index contributed by atoms with van der Waals surface area (Å²) >= 11 is 0. The summed E-state index contributed by atoms with van der Waals surface area (Å²) in [7, 11) is 0. The Hall–Kier alpha value is -0.530. The molecule has 2 unspecified atom stereocenters. The minimum absolute atomic E-state index is 0.0408. The molecule has 0 aliphatic carbocycles. The summed E-state index contributed by atoms with van der Waals surface area (Å²) in [6, 6.07) is 0. The smallest absolute Gasteiger partial charge is 0.308 e. The number of rotatable bonds is 8. The molecule has 0 aliphatic heterocycles. The van der Waals surface area contributed by atoms with Crippen LogP contribution >= 0.6 is 0 Å². The van der Waals surface area contributed by atoms with Gasteiger partial charge in [-0.05, 0) is 30.6 Å². The normalized spacial score (nSPS) is 15.2. The van der Waals surface area contributed by atoms with E-state index in [2.05, 4.69) is 27.7 Å². The minimum atomic E-state index is -0.0414. The highest BCUT2D eigenvalue weighted by molar-refractivity contribution is 5.71. The zero-order valence-electron chi connectivity index (χ0n) is 13.2. The fourth-order valence-electron chi connectivity index (χ4n) is 2.17. The van der Waals surface area contributed by atoms with Crippen LogP contribution in [0.25, 0.3) is 0 Å². The highest BCUT2D eigenvalue weighted by Crippen LogP contribution is 2.33. The van der Waals surface area contributed by atoms with E-state index in [1.165, 1.54) is 12.8 Å². The minimum Gasteiger partial charge on any atom is -0.465 e. The molecule has 0 N–H and O–H groups in total. The predicted molar refractivity (Wildman–Crippen MR) is 77.5 cm³/mol. The number of esters is 1. The summed E-state index contributed by atoms with van der Waals surface area (Å²) in [5.74, 6) is 0.726. The fraction of sp³-hybridized carbons (Fsp3) is 0.938. The molecule has 0 fully saturated rings. The molecular weight excluding hydrogens is 224 g/mol. The summed E-state index contributed by atoms with van der Waals surface area (Å²) in [6.07, 6.45) is 5.51. The van der Waals surface area contributed by atoms with E-state index in [-0.39, 0.29) is 11.9 Å². The average Bonchev–Trinajstić information content (AvgIpc) is 2.30. The lowest BCUT2D eigenvalue weighted by Crippen LogP contribution is -2.21. The van der Waals surface area contributed by atoms with Gasteiger partial charge >= 0.3 is 5.97 Å². The van der Waals surface area contributed by atoms with Gasteiger partial charge in [0.25, 0.3) is 0 Å². The van der Waals surface area contributed by atoms with Crippen molar-refractivity contribution in [3.05, 3.63) is 0 Å². The maximum absolute atomic E-state index is 11.5. The van der Waals surface area contributed by atoms with Crippen molar-refractivity contribution < 1.29 is 9.53 Å². The van der Waals surface area contributed by atoms with E-state index in [1.54, 1.807) is 0 Å². The van der Waals surface area contributed by atoms with Crippen LogP contribution in [0.1, 0.15) is 73.6 Å². The van der Waals surface area contributed by atoms with E-state index in [0.717, 1.165) is 25.2 Å². The van der Waals surface area contributed by atoms with Crippen LogP contribution in [0.15, 0.2) is 0 Å². The quantitative estimate of drug-likeness (QED) is 0.460. The molecule has 0 rings (SSSR count). The summed E-state index contributed by atoms with van der Waals surface area (Å²) in [5.41, 5.74) is 0.358. The molecule has 0 spiro atoms. The largest absolute Gasteiger partial charge is 0.465 e. The van der Waals surface area contributed by atoms with Crippen molar-refractivity contribution in [2.45, 2.75) is 73.6 Å². The first-order chi connectivity index (χ1) is 8.32. The van der Waals surface area contributed by atoms with Crippen LogP contribution in [0.4, 0.5) is 0 Å². The molecule has 0 radical (unpaired) electrons. The van der Waals surface area contributed by atoms with Crippen molar-refractivity contribution in [1.82, 2.24) is 0 Å². The first-order valence-corrected chi connectivity index (χ1v) is 7.49. The summed E-state index contributed by atoms with van der Waals surface area (Å²) in [5, 5.41) is 0. The number of carbonyl (C=O) groups excluding carboxylic acids is 1. The average molecular weight is 256 g/mol. The molecule has 0 saturated carbocycles. The SMILES string of the molecule is CCCC(CCCOC(=O)C(C)CC)C(C)(C)C. The van der Waals surface area contributed by atoms with E-state index in [0.29, 0.717) is 12.0 Å². The van der Waals surface area contributed by atoms with Gasteiger partial charge in [0.2, 0.25) is 0 Å². The molecule has 2 nitrogen and oxygen atoms in total. The molecule has 0 aliphatic rings. The second-order valence-corrected chi connectivity index (χ2v) is 6.47. The summed E-state index contributed by atoms with van der Waals surface area (Å²) in [6.45, 7) is 13.7. The van der Waals surface area contributed by atoms with Crippen molar-refractivity contribution in [2.75, 3.05) is 6.61 Å². The number of hydrogen-bond acceptors (Lipinski definition) is 2. The summed E-state index contributed by atoms with van der Waals surface area (Å²) in [4.78, 5) is 11.5. The number of ether oxygens (including phenoxy) is 1. The molecule has 2 atom stereocenters. The number of carbonyl (C=O) groups is 1. The second-order valence-electron chi connectivity index (χ2n) is 6.47. The second kappa shape index (κ2) is 8.55. The monoisotopic (exact) mass is 256 g/mol. The first-order valence-electron chi connectivity index (χ1n) is 7.49. The Labute approximate surface area is 113 Å². The Bertz CT molecular complexity index is 228. The molecule has 108 valence electrons. The molecule has 0 amide bonds. The third-order valence-electron chi connectivity index (χ3n) is 3.82. The highest BCUT2D eigenvalue weighted by atomic mass is 16.5. The molecule has 0 aromatic carbocycles. The van der Waals surface area contributed by atoms with E-state index < -0.39 is 0 Å². The molecule has 2 heteroatoms. The molecule has 0 aromatic heterocycles. The van der Waals surface area contributed by atoms with Crippen molar-refractivity contribution in [3.63, 3.8) is 0 Å². The maximum Gasteiger partial charge on any atom is 0.308 e. The molecule has 18 heavy (non-hydrogen) atoms. The van der Waals surface area contributed by atoms with Crippen molar-refractivity contribution in [1.29, 1.82) is 0 Å². The predicted octanol–water partition coefficient (Wildman–Crippen LogP) is 4.82. The van der Waals surface area contributed by atoms with Gasteiger partial charge in [0.1, 0.15) is 0 Å². The van der Waals surface area contributed by atoms with Gasteiger partial charge in [-0.25, -0.2) is 0 Å². The van der Waals surface area contributed by atoms with Gasteiger partial charge in [-0.15, -0.1) is 0 Å². The van der Waals surface area contributed by atoms with Gasteiger partial charge in [0.15, 0.2) is 0 Å². The lowest BCUT2D eigenvalue weighted by Gasteiger charge is -2.30. The van der Waals surface area contributed by atoms with E-state index in [1.807, 2.05) is 13.8 Å². The van der Waals surface area contributed by atoms with Crippen LogP contribution in [0.3, 0.4) is 0 Å². The Morgan fingerprint density at radius 2 is 1.78 bits per heavy atom. The first kappa shape index (κ1) is 17.5. The number of hydrogen-bond donors (Lipinski definition) is 0. The van der Waals surface area contributed by atoms with Gasteiger partial charge in [0, 0.05) is 0 Å². The Balaban J connectivity index is 3.90. The van der Waals surface area contributed by atoms with E-state index in [9.17, 15) is 4.79 Å². The van der Waals surface area contributed by atoms with Gasteiger partial charge in [0.05, 0.1) is 12.5 Å². The molecule has 0 saturated heterocycles. The molecule has 0 bridgehead atoms. The van der Waals surface area contributed by atoms with Crippen LogP contribution < -0.4 is 0 Å². The van der Waals surface area contributed by atoms with Crippen molar-refractivity contribution in [3.8, 4) is 0 Å². The third kappa shape index (κ3) is 7.03. The van der Waals surface area contributed by atoms with Crippen LogP contribution in [-0.2, 0) is 9.53 Å². The zero-order chi connectivity index (χ0) is 14.2. The third-order valence-corrected chi connectivity index (χ3v) is 3.82. The van der Waals surface area contributed by atoms with Crippen molar-refractivity contribution in [2.24, 2.45) is 17.3 Å². The van der Waals surface area contributed by atoms with E-state index >= 15 is 0 Å². The maximum atomic E-state index is 11.5. The highest BCUT2D eigenvalue weighted by Gasteiger charge is 2.23. The van der Waals surface area contributed by atoms with Crippen LogP contribution in [-0.4, -0.2) is 12.6 Å². The lowest BCUT2D eigenvalue weighted by molar-refractivity contribution is -0.148.